The van der Waals surface area contributed by atoms with Crippen molar-refractivity contribution in [3.05, 3.63) is 51.8 Å². The normalized spacial score (nSPS) is 23.6. The van der Waals surface area contributed by atoms with Crippen LogP contribution in [0, 0.1) is 5.82 Å². The van der Waals surface area contributed by atoms with Gasteiger partial charge in [0.25, 0.3) is 0 Å². The molecule has 0 bridgehead atoms. The minimum absolute atomic E-state index is 0.0568. The average molecular weight is 810 g/mol. The van der Waals surface area contributed by atoms with E-state index in [0.29, 0.717) is 71.8 Å². The van der Waals surface area contributed by atoms with Gasteiger partial charge in [0.15, 0.2) is 29.9 Å². The number of imidazole rings is 1. The smallest absolute Gasteiger partial charge is 0.301 e. The number of ether oxygens (including phenoxy) is 4. The van der Waals surface area contributed by atoms with Crippen molar-refractivity contribution in [1.29, 1.82) is 0 Å². The van der Waals surface area contributed by atoms with E-state index >= 15 is 4.39 Å². The van der Waals surface area contributed by atoms with Crippen LogP contribution in [-0.4, -0.2) is 95.6 Å². The lowest BCUT2D eigenvalue weighted by Crippen LogP contribution is -2.47. The number of fused-ring (bicyclic) bond motifs is 3. The number of rotatable bonds is 14. The summed E-state index contributed by atoms with van der Waals surface area (Å²) in [5, 5.41) is 3.79. The largest absolute Gasteiger partial charge is 0.456 e. The monoisotopic (exact) mass is 808 g/mol. The molecule has 0 amide bonds. The van der Waals surface area contributed by atoms with Crippen LogP contribution in [0.1, 0.15) is 49.9 Å². The first kappa shape index (κ1) is 40.3. The van der Waals surface area contributed by atoms with Gasteiger partial charge in [-0.05, 0) is 60.3 Å². The van der Waals surface area contributed by atoms with Gasteiger partial charge in [0.2, 0.25) is 0 Å². The quantitative estimate of drug-likeness (QED) is 0.129. The van der Waals surface area contributed by atoms with E-state index in [1.54, 1.807) is 12.1 Å². The highest BCUT2D eigenvalue weighted by molar-refractivity contribution is 7.90. The summed E-state index contributed by atoms with van der Waals surface area (Å²) in [5.74, 6) is -0.0727. The second-order valence-corrected chi connectivity index (χ2v) is 30.3. The molecule has 53 heavy (non-hydrogen) atoms. The molecule has 292 valence electrons. The van der Waals surface area contributed by atoms with E-state index in [1.165, 1.54) is 18.4 Å². The topological polar surface area (TPSA) is 123 Å². The van der Waals surface area contributed by atoms with Crippen molar-refractivity contribution in [3.8, 4) is 6.01 Å². The third kappa shape index (κ3) is 9.37. The maximum Gasteiger partial charge on any atom is 0.301 e. The summed E-state index contributed by atoms with van der Waals surface area (Å²) in [5.41, 5.74) is 3.09. The Hall–Kier alpha value is -2.38. The zero-order chi connectivity index (χ0) is 38.5. The van der Waals surface area contributed by atoms with Gasteiger partial charge in [-0.3, -0.25) is 4.57 Å². The SMILES string of the molecule is CC(C)(C)[Si](C)(C)OC1CO[C@H]2[C@@H]1OC[C@H]2Oc1nc2cc(Cl)c(N[C@H]3CCc4cc(/C=C/CS(C)(=O)=O)cc(F)c43)nc2n1COCC[Si](C)(C)C. The molecule has 1 unspecified atom stereocenters. The zero-order valence-electron chi connectivity index (χ0n) is 32.3. The van der Waals surface area contributed by atoms with Gasteiger partial charge in [0.05, 0.1) is 36.1 Å². The lowest BCUT2D eigenvalue weighted by molar-refractivity contribution is 0.00687. The van der Waals surface area contributed by atoms with Crippen LogP contribution in [0.2, 0.25) is 48.8 Å². The van der Waals surface area contributed by atoms with Gasteiger partial charge in [-0.2, -0.15) is 4.98 Å². The summed E-state index contributed by atoms with van der Waals surface area (Å²) in [4.78, 5) is 9.74. The van der Waals surface area contributed by atoms with Crippen LogP contribution >= 0.6 is 11.6 Å². The van der Waals surface area contributed by atoms with Crippen molar-refractivity contribution in [1.82, 2.24) is 14.5 Å². The van der Waals surface area contributed by atoms with E-state index in [2.05, 4.69) is 58.8 Å². The molecule has 4 heterocycles. The fourth-order valence-electron chi connectivity index (χ4n) is 6.67. The highest BCUT2D eigenvalue weighted by Gasteiger charge is 2.52. The highest BCUT2D eigenvalue weighted by Crippen LogP contribution is 2.42. The van der Waals surface area contributed by atoms with Crippen LogP contribution in [0.4, 0.5) is 10.2 Å². The van der Waals surface area contributed by atoms with E-state index in [4.69, 9.17) is 44.9 Å². The van der Waals surface area contributed by atoms with Crippen molar-refractivity contribution in [2.75, 3.05) is 37.1 Å². The van der Waals surface area contributed by atoms with Crippen LogP contribution in [0.5, 0.6) is 6.01 Å². The highest BCUT2D eigenvalue weighted by atomic mass is 35.5. The predicted octanol–water partition coefficient (Wildman–Crippen LogP) is 7.63. The number of benzene rings is 1. The Bertz CT molecular complexity index is 1960. The number of nitrogens with one attached hydrogen (secondary N) is 1. The number of hydrogen-bond acceptors (Lipinski definition) is 10. The summed E-state index contributed by atoms with van der Waals surface area (Å²) in [7, 11) is -6.55. The first-order chi connectivity index (χ1) is 24.7. The van der Waals surface area contributed by atoms with E-state index in [-0.39, 0.29) is 47.7 Å². The minimum Gasteiger partial charge on any atom is -0.456 e. The van der Waals surface area contributed by atoms with E-state index in [9.17, 15) is 8.42 Å². The van der Waals surface area contributed by atoms with Crippen LogP contribution in [-0.2, 0) is 41.6 Å². The molecular weight excluding hydrogens is 755 g/mol. The van der Waals surface area contributed by atoms with Crippen molar-refractivity contribution in [2.45, 2.75) is 115 Å². The minimum atomic E-state index is -3.16. The van der Waals surface area contributed by atoms with Crippen LogP contribution in [0.25, 0.3) is 17.2 Å². The van der Waals surface area contributed by atoms with Crippen molar-refractivity contribution in [2.24, 2.45) is 0 Å². The van der Waals surface area contributed by atoms with Gasteiger partial charge in [-0.25, -0.2) is 17.8 Å². The molecule has 1 aromatic carbocycles. The number of anilines is 1. The lowest BCUT2D eigenvalue weighted by Gasteiger charge is -2.39. The number of pyridine rings is 1. The lowest BCUT2D eigenvalue weighted by atomic mass is 10.0. The number of sulfone groups is 1. The maximum atomic E-state index is 15.6. The molecular formula is C37H54ClFN4O7SSi2. The molecule has 0 saturated carbocycles. The van der Waals surface area contributed by atoms with Gasteiger partial charge in [-0.15, -0.1) is 0 Å². The molecule has 6 rings (SSSR count). The molecule has 2 fully saturated rings. The van der Waals surface area contributed by atoms with Gasteiger partial charge < -0.3 is 28.7 Å². The summed E-state index contributed by atoms with van der Waals surface area (Å²) in [6, 6.07) is 6.03. The second-order valence-electron chi connectivity index (χ2n) is 17.3. The van der Waals surface area contributed by atoms with Crippen LogP contribution in [0.15, 0.2) is 24.3 Å². The van der Waals surface area contributed by atoms with E-state index in [0.717, 1.165) is 11.6 Å². The third-order valence-corrected chi connectivity index (χ3v) is 17.9. The Labute approximate surface area is 320 Å². The number of halogens is 2. The van der Waals surface area contributed by atoms with Crippen molar-refractivity contribution in [3.63, 3.8) is 0 Å². The van der Waals surface area contributed by atoms with E-state index < -0.39 is 32.3 Å². The maximum absolute atomic E-state index is 15.6. The fraction of sp³-hybridized carbons (Fsp3) is 0.622. The average Bonchev–Trinajstić information content (AvgIpc) is 3.79. The number of aryl methyl sites for hydroxylation is 1. The standard InChI is InChI=1S/C37H54ClFN4O7SSi2/c1-37(2,3)53(8,9)50-30-21-48-32-29(20-47-33(30)32)49-36-41-28-19-25(38)34(42-35(28)43(36)22-46-14-16-52(5,6)7)40-27-13-12-24-17-23(18-26(39)31(24)27)11-10-15-51(4,44)45/h10-11,17-19,27,29-30,32-33H,12-16,20-22H2,1-9H3,(H,40,42)/b11-10+/t27-,29+,30?,32+,33+/m0/s1. The number of hydrogen-bond donors (Lipinski definition) is 1. The molecule has 0 spiro atoms. The second kappa shape index (κ2) is 15.3. The number of aromatic nitrogens is 3. The summed E-state index contributed by atoms with van der Waals surface area (Å²) < 4.78 is 72.4. The van der Waals surface area contributed by atoms with Crippen LogP contribution in [0.3, 0.4) is 0 Å². The van der Waals surface area contributed by atoms with Gasteiger partial charge in [0.1, 0.15) is 36.1 Å². The van der Waals surface area contributed by atoms with Crippen molar-refractivity contribution < 1.29 is 36.2 Å². The Morgan fingerprint density at radius 3 is 2.45 bits per heavy atom. The molecule has 2 aliphatic heterocycles. The van der Waals surface area contributed by atoms with Gasteiger partial charge >= 0.3 is 6.01 Å². The molecule has 1 aliphatic carbocycles. The Morgan fingerprint density at radius 1 is 1.08 bits per heavy atom. The van der Waals surface area contributed by atoms with E-state index in [1.807, 2.05) is 10.6 Å². The predicted molar refractivity (Wildman–Crippen MR) is 212 cm³/mol. The molecule has 3 aliphatic rings. The van der Waals surface area contributed by atoms with Crippen LogP contribution < -0.4 is 10.1 Å². The molecule has 11 nitrogen and oxygen atoms in total. The van der Waals surface area contributed by atoms with Gasteiger partial charge in [0, 0.05) is 26.5 Å². The third-order valence-electron chi connectivity index (χ3n) is 10.6. The Kier molecular flexibility index (Phi) is 11.6. The first-order valence-electron chi connectivity index (χ1n) is 18.3. The first-order valence-corrected chi connectivity index (χ1v) is 27.4. The zero-order valence-corrected chi connectivity index (χ0v) is 35.9. The summed E-state index contributed by atoms with van der Waals surface area (Å²) in [6.45, 7) is 19.6. The molecule has 5 atom stereocenters. The molecule has 2 aromatic heterocycles. The van der Waals surface area contributed by atoms with Gasteiger partial charge in [-0.1, -0.05) is 70.2 Å². The fourth-order valence-corrected chi connectivity index (χ4v) is 9.39. The number of nitrogens with zero attached hydrogens (tertiary/aromatic N) is 3. The Morgan fingerprint density at radius 2 is 1.77 bits per heavy atom. The molecule has 2 saturated heterocycles. The molecule has 16 heteroatoms. The molecule has 3 aromatic rings. The molecule has 0 radical (unpaired) electrons. The molecule has 1 N–H and O–H groups in total. The van der Waals surface area contributed by atoms with Crippen molar-refractivity contribution >= 4 is 60.9 Å². The summed E-state index contributed by atoms with van der Waals surface area (Å²) >= 11 is 6.81. The summed E-state index contributed by atoms with van der Waals surface area (Å²) in [6.07, 6.45) is 4.50. The Balaban J connectivity index is 1.24.